The summed E-state index contributed by atoms with van der Waals surface area (Å²) in [6, 6.07) is 0.0711. The lowest BCUT2D eigenvalue weighted by Gasteiger charge is -2.38. The number of primary amides is 1. The van der Waals surface area contributed by atoms with Crippen molar-refractivity contribution >= 4 is 11.8 Å². The van der Waals surface area contributed by atoms with E-state index >= 15 is 0 Å². The van der Waals surface area contributed by atoms with Crippen LogP contribution in [0.5, 0.6) is 0 Å². The van der Waals surface area contributed by atoms with Gasteiger partial charge in [0.25, 0.3) is 0 Å². The van der Waals surface area contributed by atoms with Gasteiger partial charge in [-0.2, -0.15) is 0 Å². The first-order valence-corrected chi connectivity index (χ1v) is 7.69. The Kier molecular flexibility index (Phi) is 6.46. The summed E-state index contributed by atoms with van der Waals surface area (Å²) in [7, 11) is 0. The highest BCUT2D eigenvalue weighted by Crippen LogP contribution is 2.34. The molecule has 5 heteroatoms. The van der Waals surface area contributed by atoms with Gasteiger partial charge < -0.3 is 16.4 Å². The third kappa shape index (κ3) is 4.47. The Labute approximate surface area is 122 Å². The summed E-state index contributed by atoms with van der Waals surface area (Å²) in [5.74, 6) is 0.295. The molecule has 0 aliphatic heterocycles. The van der Waals surface area contributed by atoms with E-state index in [0.29, 0.717) is 24.8 Å². The van der Waals surface area contributed by atoms with E-state index < -0.39 is 5.91 Å². The van der Waals surface area contributed by atoms with Crippen LogP contribution in [0.4, 0.5) is 0 Å². The predicted octanol–water partition coefficient (Wildman–Crippen LogP) is 1.11. The molecule has 0 spiro atoms. The molecule has 1 aliphatic rings. The molecule has 2 amide bonds. The van der Waals surface area contributed by atoms with E-state index in [1.165, 1.54) is 0 Å². The van der Waals surface area contributed by atoms with Gasteiger partial charge in [-0.25, -0.2) is 0 Å². The number of amides is 2. The topological polar surface area (TPSA) is 89.4 Å². The van der Waals surface area contributed by atoms with Gasteiger partial charge in [0.2, 0.25) is 11.8 Å². The first kappa shape index (κ1) is 17.0. The van der Waals surface area contributed by atoms with Crippen molar-refractivity contribution in [2.75, 3.05) is 13.1 Å². The van der Waals surface area contributed by atoms with Crippen LogP contribution in [0.2, 0.25) is 0 Å². The van der Waals surface area contributed by atoms with Crippen molar-refractivity contribution in [1.29, 1.82) is 0 Å². The van der Waals surface area contributed by atoms with Crippen molar-refractivity contribution in [3.63, 3.8) is 0 Å². The Balaban J connectivity index is 2.74. The maximum Gasteiger partial charge on any atom is 0.237 e. The van der Waals surface area contributed by atoms with Crippen LogP contribution in [0, 0.1) is 17.8 Å². The normalized spacial score (nSPS) is 30.0. The van der Waals surface area contributed by atoms with Crippen molar-refractivity contribution < 1.29 is 9.59 Å². The molecular formula is C15H29N3O2. The van der Waals surface area contributed by atoms with Gasteiger partial charge in [0.1, 0.15) is 0 Å². The molecule has 0 aromatic carbocycles. The third-order valence-electron chi connectivity index (χ3n) is 4.44. The number of carbonyl (C=O) groups is 2. The van der Waals surface area contributed by atoms with Crippen LogP contribution in [0.15, 0.2) is 0 Å². The Morgan fingerprint density at radius 1 is 1.20 bits per heavy atom. The molecule has 0 saturated heterocycles. The van der Waals surface area contributed by atoms with E-state index in [1.54, 1.807) is 4.90 Å². The Morgan fingerprint density at radius 2 is 1.85 bits per heavy atom. The van der Waals surface area contributed by atoms with Crippen molar-refractivity contribution in [1.82, 2.24) is 4.90 Å². The molecule has 1 rings (SSSR count). The molecule has 20 heavy (non-hydrogen) atoms. The second kappa shape index (κ2) is 7.62. The number of hydrogen-bond donors (Lipinski definition) is 2. The highest BCUT2D eigenvalue weighted by molar-refractivity contribution is 5.85. The van der Waals surface area contributed by atoms with E-state index in [0.717, 1.165) is 19.3 Å². The van der Waals surface area contributed by atoms with Gasteiger partial charge in [0.05, 0.1) is 6.54 Å². The molecule has 4 N–H and O–H groups in total. The highest BCUT2D eigenvalue weighted by atomic mass is 16.2. The van der Waals surface area contributed by atoms with Crippen LogP contribution in [0.1, 0.15) is 46.5 Å². The van der Waals surface area contributed by atoms with Crippen LogP contribution in [0.3, 0.4) is 0 Å². The van der Waals surface area contributed by atoms with E-state index in [1.807, 2.05) is 0 Å². The summed E-state index contributed by atoms with van der Waals surface area (Å²) >= 11 is 0. The highest BCUT2D eigenvalue weighted by Gasteiger charge is 2.37. The lowest BCUT2D eigenvalue weighted by Crippen LogP contribution is -2.48. The fourth-order valence-electron chi connectivity index (χ4n) is 3.07. The average Bonchev–Trinajstić information content (AvgIpc) is 2.37. The second-order valence-corrected chi connectivity index (χ2v) is 6.28. The van der Waals surface area contributed by atoms with Crippen molar-refractivity contribution in [2.45, 2.75) is 52.5 Å². The van der Waals surface area contributed by atoms with Crippen LogP contribution >= 0.6 is 0 Å². The number of rotatable bonds is 6. The smallest absolute Gasteiger partial charge is 0.237 e. The second-order valence-electron chi connectivity index (χ2n) is 6.28. The quantitative estimate of drug-likeness (QED) is 0.765. The molecule has 0 aromatic rings. The van der Waals surface area contributed by atoms with Crippen LogP contribution in [0.25, 0.3) is 0 Å². The Morgan fingerprint density at radius 3 is 2.40 bits per heavy atom. The zero-order valence-corrected chi connectivity index (χ0v) is 13.0. The van der Waals surface area contributed by atoms with Gasteiger partial charge in [0, 0.05) is 18.5 Å². The fourth-order valence-corrected chi connectivity index (χ4v) is 3.07. The molecule has 1 fully saturated rings. The summed E-state index contributed by atoms with van der Waals surface area (Å²) < 4.78 is 0. The first-order chi connectivity index (χ1) is 9.36. The molecule has 4 atom stereocenters. The van der Waals surface area contributed by atoms with E-state index in [2.05, 4.69) is 20.8 Å². The first-order valence-electron chi connectivity index (χ1n) is 7.69. The Hall–Kier alpha value is -1.10. The molecular weight excluding hydrogens is 254 g/mol. The molecule has 0 bridgehead atoms. The maximum absolute atomic E-state index is 12.7. The molecule has 5 nitrogen and oxygen atoms in total. The summed E-state index contributed by atoms with van der Waals surface area (Å²) in [5, 5.41) is 0. The van der Waals surface area contributed by atoms with Gasteiger partial charge in [-0.05, 0) is 31.1 Å². The maximum atomic E-state index is 12.7. The van der Waals surface area contributed by atoms with E-state index in [4.69, 9.17) is 11.5 Å². The minimum Gasteiger partial charge on any atom is -0.368 e. The zero-order chi connectivity index (χ0) is 15.3. The zero-order valence-electron chi connectivity index (χ0n) is 13.0. The van der Waals surface area contributed by atoms with Gasteiger partial charge in [0.15, 0.2) is 0 Å². The molecule has 0 heterocycles. The molecule has 4 unspecified atom stereocenters. The number of nitrogens with zero attached hydrogens (tertiary/aromatic N) is 1. The molecule has 0 radical (unpaired) electrons. The number of hydrogen-bond acceptors (Lipinski definition) is 3. The molecule has 0 aromatic heterocycles. The molecule has 116 valence electrons. The van der Waals surface area contributed by atoms with Gasteiger partial charge in [-0.3, -0.25) is 9.59 Å². The number of nitrogens with two attached hydrogens (primary N) is 2. The fraction of sp³-hybridized carbons (Fsp3) is 0.867. The summed E-state index contributed by atoms with van der Waals surface area (Å²) in [5.41, 5.74) is 11.4. The van der Waals surface area contributed by atoms with Crippen molar-refractivity contribution in [2.24, 2.45) is 29.2 Å². The van der Waals surface area contributed by atoms with Crippen LogP contribution in [-0.4, -0.2) is 35.8 Å². The van der Waals surface area contributed by atoms with Gasteiger partial charge in [-0.15, -0.1) is 0 Å². The third-order valence-corrected chi connectivity index (χ3v) is 4.44. The van der Waals surface area contributed by atoms with Gasteiger partial charge in [-0.1, -0.05) is 27.2 Å². The standard InChI is InChI=1S/C15H29N3O2/c1-4-5-6-18(9-14(17)19)15(20)12-8-13(16)11(3)7-10(12)2/h10-13H,4-9,16H2,1-3H3,(H2,17,19). The lowest BCUT2D eigenvalue weighted by molar-refractivity contribution is -0.141. The van der Waals surface area contributed by atoms with Crippen LogP contribution in [-0.2, 0) is 9.59 Å². The van der Waals surface area contributed by atoms with Crippen LogP contribution < -0.4 is 11.5 Å². The number of carbonyl (C=O) groups excluding carboxylic acids is 2. The largest absolute Gasteiger partial charge is 0.368 e. The number of unbranched alkanes of at least 4 members (excludes halogenated alkanes) is 1. The van der Waals surface area contributed by atoms with E-state index in [9.17, 15) is 9.59 Å². The summed E-state index contributed by atoms with van der Waals surface area (Å²) in [6.45, 7) is 6.93. The summed E-state index contributed by atoms with van der Waals surface area (Å²) in [6.07, 6.45) is 3.56. The van der Waals surface area contributed by atoms with Gasteiger partial charge >= 0.3 is 0 Å². The average molecular weight is 283 g/mol. The van der Waals surface area contributed by atoms with E-state index in [-0.39, 0.29) is 24.4 Å². The molecule has 1 saturated carbocycles. The minimum atomic E-state index is -0.449. The summed E-state index contributed by atoms with van der Waals surface area (Å²) in [4.78, 5) is 25.4. The monoisotopic (exact) mass is 283 g/mol. The van der Waals surface area contributed by atoms with Crippen molar-refractivity contribution in [3.8, 4) is 0 Å². The molecule has 1 aliphatic carbocycles. The van der Waals surface area contributed by atoms with Crippen molar-refractivity contribution in [3.05, 3.63) is 0 Å². The predicted molar refractivity (Wildman–Crippen MR) is 79.7 cm³/mol. The Bertz CT molecular complexity index is 346. The lowest BCUT2D eigenvalue weighted by atomic mass is 9.72. The minimum absolute atomic E-state index is 0.0207. The SMILES string of the molecule is CCCCN(CC(N)=O)C(=O)C1CC(N)C(C)CC1C.